The first-order valence-electron chi connectivity index (χ1n) is 5.90. The molecule has 98 valence electrons. The second-order valence-corrected chi connectivity index (χ2v) is 4.64. The van der Waals surface area contributed by atoms with E-state index in [1.807, 2.05) is 10.6 Å². The van der Waals surface area contributed by atoms with E-state index in [1.165, 1.54) is 12.1 Å². The molecule has 3 rings (SSSR count). The summed E-state index contributed by atoms with van der Waals surface area (Å²) >= 11 is 0. The van der Waals surface area contributed by atoms with Crippen molar-refractivity contribution in [2.45, 2.75) is 18.9 Å². The quantitative estimate of drug-likeness (QED) is 0.634. The molecule has 0 aromatic carbocycles. The Kier molecular flexibility index (Phi) is 3.66. The first kappa shape index (κ1) is 12.6. The van der Waals surface area contributed by atoms with Crippen LogP contribution in [0.2, 0.25) is 0 Å². The third-order valence-electron chi connectivity index (χ3n) is 3.38. The molecule has 2 aliphatic rings. The highest BCUT2D eigenvalue weighted by Gasteiger charge is 2.30. The van der Waals surface area contributed by atoms with Crippen molar-refractivity contribution in [1.82, 2.24) is 9.88 Å². The summed E-state index contributed by atoms with van der Waals surface area (Å²) in [7, 11) is 0. The summed E-state index contributed by atoms with van der Waals surface area (Å²) in [5.41, 5.74) is 1.39. The maximum atomic E-state index is 11.6. The number of aromatic nitrogens is 1. The number of nitrogens with one attached hydrogen (secondary N) is 1. The van der Waals surface area contributed by atoms with Crippen LogP contribution in [-0.2, 0) is 6.54 Å². The van der Waals surface area contributed by atoms with E-state index in [2.05, 4.69) is 11.4 Å². The van der Waals surface area contributed by atoms with Gasteiger partial charge in [0.2, 0.25) is 0 Å². The number of carbonyl (C=O) groups is 1. The maximum Gasteiger partial charge on any atom is 0.503 e. The van der Waals surface area contributed by atoms with E-state index in [-0.39, 0.29) is 5.56 Å². The van der Waals surface area contributed by atoms with Crippen LogP contribution in [0.1, 0.15) is 18.0 Å². The summed E-state index contributed by atoms with van der Waals surface area (Å²) in [6.45, 7) is 3.00. The Morgan fingerprint density at radius 2 is 2.06 bits per heavy atom. The lowest BCUT2D eigenvalue weighted by Crippen LogP contribution is -2.44. The Balaban J connectivity index is 0.000000267. The zero-order valence-electron chi connectivity index (χ0n) is 9.87. The Bertz CT molecular complexity index is 493. The minimum Gasteiger partial charge on any atom is -0.450 e. The highest BCUT2D eigenvalue weighted by atomic mass is 16.6. The molecular weight excluding hydrogens is 236 g/mol. The molecule has 2 atom stereocenters. The first-order chi connectivity index (χ1) is 8.58. The summed E-state index contributed by atoms with van der Waals surface area (Å²) in [6, 6.07) is 5.64. The van der Waals surface area contributed by atoms with Gasteiger partial charge < -0.3 is 20.1 Å². The van der Waals surface area contributed by atoms with Gasteiger partial charge in [-0.2, -0.15) is 0 Å². The lowest BCUT2D eigenvalue weighted by atomic mass is 9.84. The average Bonchev–Trinajstić information content (AvgIpc) is 2.30. The van der Waals surface area contributed by atoms with Crippen molar-refractivity contribution >= 4 is 6.16 Å². The summed E-state index contributed by atoms with van der Waals surface area (Å²) in [4.78, 5) is 20.2. The predicted octanol–water partition coefficient (Wildman–Crippen LogP) is 0.777. The topological polar surface area (TPSA) is 91.6 Å². The van der Waals surface area contributed by atoms with Gasteiger partial charge in [-0.1, -0.05) is 6.07 Å². The van der Waals surface area contributed by atoms with Crippen LogP contribution in [0.5, 0.6) is 0 Å². The van der Waals surface area contributed by atoms with Gasteiger partial charge in [0.05, 0.1) is 0 Å². The van der Waals surface area contributed by atoms with Crippen LogP contribution in [0.4, 0.5) is 4.79 Å². The zero-order chi connectivity index (χ0) is 13.1. The first-order valence-corrected chi connectivity index (χ1v) is 5.90. The molecule has 2 aliphatic heterocycles. The van der Waals surface area contributed by atoms with Crippen LogP contribution in [0.25, 0.3) is 0 Å². The average molecular weight is 252 g/mol. The minimum absolute atomic E-state index is 0.166. The highest BCUT2D eigenvalue weighted by molar-refractivity contribution is 5.53. The van der Waals surface area contributed by atoms with Gasteiger partial charge in [-0.25, -0.2) is 4.79 Å². The van der Waals surface area contributed by atoms with Crippen molar-refractivity contribution in [3.05, 3.63) is 34.2 Å². The number of carboxylic acid groups (broad SMARTS) is 2. The number of hydrogen-bond donors (Lipinski definition) is 3. The van der Waals surface area contributed by atoms with Gasteiger partial charge in [0.1, 0.15) is 0 Å². The molecule has 0 amide bonds. The number of fused-ring (bicyclic) bond motifs is 4. The molecular formula is C12H16N2O4. The summed E-state index contributed by atoms with van der Waals surface area (Å²) in [5.74, 6) is 1.21. The van der Waals surface area contributed by atoms with E-state index < -0.39 is 6.16 Å². The number of hydrogen-bond acceptors (Lipinski definition) is 3. The normalized spacial score (nSPS) is 24.4. The summed E-state index contributed by atoms with van der Waals surface area (Å²) in [6.07, 6.45) is -0.587. The van der Waals surface area contributed by atoms with Gasteiger partial charge >= 0.3 is 6.16 Å². The lowest BCUT2D eigenvalue weighted by Gasteiger charge is -2.37. The molecule has 3 heterocycles. The van der Waals surface area contributed by atoms with E-state index in [9.17, 15) is 4.79 Å². The number of nitrogens with zero attached hydrogens (tertiary/aromatic N) is 1. The minimum atomic E-state index is -1.83. The molecule has 0 aliphatic carbocycles. The second-order valence-electron chi connectivity index (χ2n) is 4.64. The molecule has 1 saturated heterocycles. The second kappa shape index (κ2) is 5.22. The van der Waals surface area contributed by atoms with E-state index >= 15 is 0 Å². The number of rotatable bonds is 0. The lowest BCUT2D eigenvalue weighted by molar-refractivity contribution is 0.137. The maximum absolute atomic E-state index is 11.6. The van der Waals surface area contributed by atoms with Gasteiger partial charge in [-0.15, -0.1) is 0 Å². The van der Waals surface area contributed by atoms with Gasteiger partial charge in [0.25, 0.3) is 5.56 Å². The van der Waals surface area contributed by atoms with Gasteiger partial charge in [0.15, 0.2) is 0 Å². The molecule has 2 bridgehead atoms. The van der Waals surface area contributed by atoms with Crippen molar-refractivity contribution in [2.24, 2.45) is 5.92 Å². The van der Waals surface area contributed by atoms with E-state index in [0.29, 0.717) is 11.8 Å². The van der Waals surface area contributed by atoms with Crippen LogP contribution < -0.4 is 10.9 Å². The third kappa shape index (κ3) is 2.70. The largest absolute Gasteiger partial charge is 0.503 e. The summed E-state index contributed by atoms with van der Waals surface area (Å²) in [5, 5.41) is 17.4. The van der Waals surface area contributed by atoms with Crippen molar-refractivity contribution in [3.63, 3.8) is 0 Å². The van der Waals surface area contributed by atoms with Gasteiger partial charge in [0, 0.05) is 30.8 Å². The number of pyridine rings is 1. The highest BCUT2D eigenvalue weighted by Crippen LogP contribution is 2.31. The SMILES string of the molecule is O=C(O)O.O=c1cccc2n1CC1CNCC2C1. The zero-order valence-corrected chi connectivity index (χ0v) is 9.87. The Morgan fingerprint density at radius 1 is 1.33 bits per heavy atom. The van der Waals surface area contributed by atoms with Crippen LogP contribution in [0.3, 0.4) is 0 Å². The van der Waals surface area contributed by atoms with Crippen LogP contribution in [0.15, 0.2) is 23.0 Å². The monoisotopic (exact) mass is 252 g/mol. The Morgan fingerprint density at radius 3 is 2.78 bits per heavy atom. The van der Waals surface area contributed by atoms with E-state index in [1.54, 1.807) is 6.07 Å². The van der Waals surface area contributed by atoms with Crippen molar-refractivity contribution in [3.8, 4) is 0 Å². The Hall–Kier alpha value is -1.82. The van der Waals surface area contributed by atoms with Crippen molar-refractivity contribution in [2.75, 3.05) is 13.1 Å². The predicted molar refractivity (Wildman–Crippen MR) is 65.1 cm³/mol. The molecule has 1 aromatic heterocycles. The molecule has 0 radical (unpaired) electrons. The molecule has 6 nitrogen and oxygen atoms in total. The molecule has 6 heteroatoms. The molecule has 1 fully saturated rings. The van der Waals surface area contributed by atoms with Crippen molar-refractivity contribution < 1.29 is 15.0 Å². The molecule has 2 unspecified atom stereocenters. The van der Waals surface area contributed by atoms with Crippen LogP contribution in [-0.4, -0.2) is 34.0 Å². The van der Waals surface area contributed by atoms with E-state index in [0.717, 1.165) is 19.6 Å². The van der Waals surface area contributed by atoms with Gasteiger partial charge in [-0.05, 0) is 24.9 Å². The summed E-state index contributed by atoms with van der Waals surface area (Å²) < 4.78 is 1.96. The molecule has 18 heavy (non-hydrogen) atoms. The van der Waals surface area contributed by atoms with Crippen molar-refractivity contribution in [1.29, 1.82) is 0 Å². The fourth-order valence-electron chi connectivity index (χ4n) is 2.74. The van der Waals surface area contributed by atoms with Crippen LogP contribution >= 0.6 is 0 Å². The fraction of sp³-hybridized carbons (Fsp3) is 0.500. The third-order valence-corrected chi connectivity index (χ3v) is 3.38. The molecule has 1 aromatic rings. The van der Waals surface area contributed by atoms with E-state index in [4.69, 9.17) is 15.0 Å². The smallest absolute Gasteiger partial charge is 0.450 e. The van der Waals surface area contributed by atoms with Gasteiger partial charge in [-0.3, -0.25) is 4.79 Å². The molecule has 0 saturated carbocycles. The number of piperidine rings is 1. The standard InChI is InChI=1S/C11H14N2O.CH2O3/c14-11-3-1-2-10-9-4-8(5-12-6-9)7-13(10)11;2-1(3)4/h1-3,8-9,12H,4-7H2;(H2,2,3,4). The molecule has 0 spiro atoms. The fourth-order valence-corrected chi connectivity index (χ4v) is 2.74. The Labute approximate surface area is 104 Å². The molecule has 3 N–H and O–H groups in total. The van der Waals surface area contributed by atoms with Crippen LogP contribution in [0, 0.1) is 5.92 Å².